The van der Waals surface area contributed by atoms with Crippen molar-refractivity contribution in [3.05, 3.63) is 35.1 Å². The zero-order chi connectivity index (χ0) is 19.0. The number of carbonyl (C=O) groups excluding carboxylic acids is 1. The van der Waals surface area contributed by atoms with Crippen LogP contribution in [-0.4, -0.2) is 34.3 Å². The maximum atomic E-state index is 14.3. The molecule has 0 radical (unpaired) electrons. The van der Waals surface area contributed by atoms with Crippen LogP contribution < -0.4 is 0 Å². The summed E-state index contributed by atoms with van der Waals surface area (Å²) in [5.41, 5.74) is -2.07. The van der Waals surface area contributed by atoms with Crippen molar-refractivity contribution in [1.29, 1.82) is 0 Å². The molecule has 8 heteroatoms. The van der Waals surface area contributed by atoms with Gasteiger partial charge in [-0.1, -0.05) is 6.07 Å². The van der Waals surface area contributed by atoms with Crippen LogP contribution in [0.15, 0.2) is 18.2 Å². The highest BCUT2D eigenvalue weighted by molar-refractivity contribution is 5.69. The number of benzene rings is 1. The Morgan fingerprint density at radius 2 is 1.92 bits per heavy atom. The number of aliphatic hydroxyl groups is 1. The lowest BCUT2D eigenvalue weighted by atomic mass is 9.91. The molecule has 4 nitrogen and oxygen atoms in total. The van der Waals surface area contributed by atoms with E-state index in [-0.39, 0.29) is 12.1 Å². The van der Waals surface area contributed by atoms with Gasteiger partial charge in [-0.05, 0) is 45.7 Å². The van der Waals surface area contributed by atoms with Gasteiger partial charge in [0.2, 0.25) is 0 Å². The number of nitrogens with zero attached hydrogens (tertiary/aromatic N) is 1. The van der Waals surface area contributed by atoms with Gasteiger partial charge in [0.1, 0.15) is 11.4 Å². The topological polar surface area (TPSA) is 49.8 Å². The molecule has 1 N–H and O–H groups in total. The Labute approximate surface area is 143 Å². The highest BCUT2D eigenvalue weighted by Crippen LogP contribution is 2.36. The number of likely N-dealkylation sites (tertiary alicyclic amines) is 1. The van der Waals surface area contributed by atoms with Crippen LogP contribution in [0.1, 0.15) is 50.8 Å². The molecular weight excluding hydrogens is 342 g/mol. The lowest BCUT2D eigenvalue weighted by Crippen LogP contribution is -2.47. The Balaban J connectivity index is 2.37. The maximum absolute atomic E-state index is 14.3. The Morgan fingerprint density at radius 3 is 2.44 bits per heavy atom. The van der Waals surface area contributed by atoms with Crippen LogP contribution in [0.5, 0.6) is 0 Å². The second-order valence-electron chi connectivity index (χ2n) is 7.06. The molecule has 1 aliphatic rings. The molecule has 140 valence electrons. The number of halogens is 4. The number of piperidine rings is 1. The summed E-state index contributed by atoms with van der Waals surface area (Å²) in [6.07, 6.45) is -5.71. The average molecular weight is 363 g/mol. The van der Waals surface area contributed by atoms with Gasteiger partial charge in [-0.2, -0.15) is 13.2 Å². The predicted molar refractivity (Wildman–Crippen MR) is 82.3 cm³/mol. The van der Waals surface area contributed by atoms with Gasteiger partial charge in [0, 0.05) is 12.1 Å². The van der Waals surface area contributed by atoms with Crippen LogP contribution in [0, 0.1) is 5.82 Å². The smallest absolute Gasteiger partial charge is 0.416 e. The zero-order valence-corrected chi connectivity index (χ0v) is 14.2. The minimum absolute atomic E-state index is 0.161. The van der Waals surface area contributed by atoms with Crippen molar-refractivity contribution < 1.29 is 32.2 Å². The first-order valence-corrected chi connectivity index (χ1v) is 7.94. The number of hydrogen-bond acceptors (Lipinski definition) is 3. The molecule has 1 aliphatic heterocycles. The van der Waals surface area contributed by atoms with E-state index in [2.05, 4.69) is 0 Å². The van der Waals surface area contributed by atoms with Gasteiger partial charge in [0.05, 0.1) is 17.7 Å². The van der Waals surface area contributed by atoms with Crippen molar-refractivity contribution >= 4 is 6.09 Å². The van der Waals surface area contributed by atoms with E-state index in [4.69, 9.17) is 4.74 Å². The fourth-order valence-corrected chi connectivity index (χ4v) is 2.82. The van der Waals surface area contributed by atoms with E-state index in [1.807, 2.05) is 0 Å². The summed E-state index contributed by atoms with van der Waals surface area (Å²) in [4.78, 5) is 13.5. The predicted octanol–water partition coefficient (Wildman–Crippen LogP) is 4.28. The van der Waals surface area contributed by atoms with Crippen LogP contribution >= 0.6 is 0 Å². The van der Waals surface area contributed by atoms with Crippen LogP contribution in [-0.2, 0) is 10.9 Å². The third kappa shape index (κ3) is 4.62. The maximum Gasteiger partial charge on any atom is 0.416 e. The highest BCUT2D eigenvalue weighted by Gasteiger charge is 2.39. The molecule has 0 saturated carbocycles. The summed E-state index contributed by atoms with van der Waals surface area (Å²) in [5.74, 6) is -1.12. The van der Waals surface area contributed by atoms with Gasteiger partial charge in [-0.15, -0.1) is 0 Å². The van der Waals surface area contributed by atoms with E-state index in [1.54, 1.807) is 20.8 Å². The normalized spacial score (nSPS) is 22.0. The molecule has 1 aromatic rings. The van der Waals surface area contributed by atoms with Crippen LogP contribution in [0.3, 0.4) is 0 Å². The van der Waals surface area contributed by atoms with Crippen molar-refractivity contribution in [1.82, 2.24) is 4.90 Å². The SMILES string of the molecule is CC(C)(C)OC(=O)N1CCCC(O)C1c1ccc(C(F)(F)F)cc1F. The third-order valence-electron chi connectivity index (χ3n) is 3.87. The van der Waals surface area contributed by atoms with Crippen molar-refractivity contribution in [2.24, 2.45) is 0 Å². The Hall–Kier alpha value is -1.83. The average Bonchev–Trinajstić information content (AvgIpc) is 2.44. The summed E-state index contributed by atoms with van der Waals surface area (Å²) in [6, 6.07) is 0.997. The molecule has 0 aromatic heterocycles. The van der Waals surface area contributed by atoms with E-state index in [0.717, 1.165) is 12.1 Å². The van der Waals surface area contributed by atoms with Crippen molar-refractivity contribution in [2.75, 3.05) is 6.54 Å². The molecule has 2 atom stereocenters. The van der Waals surface area contributed by atoms with Gasteiger partial charge in [0.15, 0.2) is 0 Å². The molecule has 1 amide bonds. The molecule has 1 saturated heterocycles. The van der Waals surface area contributed by atoms with Crippen molar-refractivity contribution in [2.45, 2.75) is 57.5 Å². The number of ether oxygens (including phenoxy) is 1. The van der Waals surface area contributed by atoms with Crippen LogP contribution in [0.2, 0.25) is 0 Å². The van der Waals surface area contributed by atoms with E-state index in [9.17, 15) is 27.5 Å². The molecule has 2 rings (SSSR count). The first-order valence-electron chi connectivity index (χ1n) is 7.94. The summed E-state index contributed by atoms with van der Waals surface area (Å²) in [6.45, 7) is 5.22. The molecule has 25 heavy (non-hydrogen) atoms. The van der Waals surface area contributed by atoms with Gasteiger partial charge < -0.3 is 9.84 Å². The molecule has 0 bridgehead atoms. The molecule has 1 fully saturated rings. The Bertz CT molecular complexity index is 640. The zero-order valence-electron chi connectivity index (χ0n) is 14.2. The van der Waals surface area contributed by atoms with Crippen molar-refractivity contribution in [3.8, 4) is 0 Å². The third-order valence-corrected chi connectivity index (χ3v) is 3.87. The molecule has 1 aromatic carbocycles. The summed E-state index contributed by atoms with van der Waals surface area (Å²) < 4.78 is 57.7. The molecule has 0 aliphatic carbocycles. The number of carbonyl (C=O) groups is 1. The molecule has 0 spiro atoms. The molecular formula is C17H21F4NO3. The van der Waals surface area contributed by atoms with E-state index in [1.165, 1.54) is 4.90 Å². The quantitative estimate of drug-likeness (QED) is 0.758. The summed E-state index contributed by atoms with van der Waals surface area (Å²) in [5, 5.41) is 10.3. The number of rotatable bonds is 1. The first kappa shape index (κ1) is 19.5. The molecule has 1 heterocycles. The molecule has 2 unspecified atom stereocenters. The number of alkyl halides is 3. The van der Waals surface area contributed by atoms with Gasteiger partial charge in [0.25, 0.3) is 0 Å². The van der Waals surface area contributed by atoms with Gasteiger partial charge in [-0.25, -0.2) is 9.18 Å². The minimum atomic E-state index is -4.67. The van der Waals surface area contributed by atoms with Gasteiger partial charge >= 0.3 is 12.3 Å². The Morgan fingerprint density at radius 1 is 1.28 bits per heavy atom. The van der Waals surface area contributed by atoms with Crippen molar-refractivity contribution in [3.63, 3.8) is 0 Å². The fraction of sp³-hybridized carbons (Fsp3) is 0.588. The van der Waals surface area contributed by atoms with Crippen LogP contribution in [0.25, 0.3) is 0 Å². The minimum Gasteiger partial charge on any atom is -0.444 e. The lowest BCUT2D eigenvalue weighted by molar-refractivity contribution is -0.137. The first-order chi connectivity index (χ1) is 11.4. The lowest BCUT2D eigenvalue weighted by Gasteiger charge is -2.40. The Kier molecular flexibility index (Phi) is 5.32. The summed E-state index contributed by atoms with van der Waals surface area (Å²) in [7, 11) is 0. The van der Waals surface area contributed by atoms with E-state index in [0.29, 0.717) is 18.9 Å². The number of amides is 1. The van der Waals surface area contributed by atoms with E-state index >= 15 is 0 Å². The number of hydrogen-bond donors (Lipinski definition) is 1. The summed E-state index contributed by atoms with van der Waals surface area (Å²) >= 11 is 0. The fourth-order valence-electron chi connectivity index (χ4n) is 2.82. The monoisotopic (exact) mass is 363 g/mol. The van der Waals surface area contributed by atoms with Gasteiger partial charge in [-0.3, -0.25) is 4.90 Å². The highest BCUT2D eigenvalue weighted by atomic mass is 19.4. The largest absolute Gasteiger partial charge is 0.444 e. The second kappa shape index (κ2) is 6.82. The number of aliphatic hydroxyl groups excluding tert-OH is 1. The van der Waals surface area contributed by atoms with E-state index < -0.39 is 41.4 Å². The standard InChI is InChI=1S/C17H21F4NO3/c1-16(2,3)25-15(24)22-8-4-5-13(23)14(22)11-7-6-10(9-12(11)18)17(19,20)21/h6-7,9,13-14,23H,4-5,8H2,1-3H3. The van der Waals surface area contributed by atoms with Crippen LogP contribution in [0.4, 0.5) is 22.4 Å². The second-order valence-corrected chi connectivity index (χ2v) is 7.06.